The van der Waals surface area contributed by atoms with Crippen molar-refractivity contribution in [3.05, 3.63) is 30.1 Å². The molecule has 1 aromatic rings. The molecule has 2 aliphatic heterocycles. The summed E-state index contributed by atoms with van der Waals surface area (Å²) in [6, 6.07) is 7.43. The Hall–Kier alpha value is -0.970. The highest BCUT2D eigenvalue weighted by Crippen LogP contribution is 2.27. The Balaban J connectivity index is 1.76. The van der Waals surface area contributed by atoms with E-state index in [2.05, 4.69) is 41.1 Å². The summed E-state index contributed by atoms with van der Waals surface area (Å²) in [5.74, 6) is 0.891. The lowest BCUT2D eigenvalue weighted by molar-refractivity contribution is 0.0621. The largest absolute Gasteiger partial charge is 0.314 e. The summed E-state index contributed by atoms with van der Waals surface area (Å²) in [6.45, 7) is 11.6. The number of nitrogens with zero attached hydrogens (tertiary/aromatic N) is 3. The van der Waals surface area contributed by atoms with Crippen molar-refractivity contribution in [2.24, 2.45) is 5.92 Å². The van der Waals surface area contributed by atoms with Crippen molar-refractivity contribution in [3.8, 4) is 0 Å². The normalized spacial score (nSPS) is 26.3. The van der Waals surface area contributed by atoms with Gasteiger partial charge in [-0.2, -0.15) is 0 Å². The SMILES string of the molecule is CCC1CNCCN1C(CN1CCC(C)CC1)c1ccccn1. The molecule has 2 aliphatic rings. The minimum Gasteiger partial charge on any atom is -0.314 e. The summed E-state index contributed by atoms with van der Waals surface area (Å²) < 4.78 is 0. The molecular weight excluding hydrogens is 284 g/mol. The fourth-order valence-corrected chi connectivity index (χ4v) is 4.00. The zero-order valence-electron chi connectivity index (χ0n) is 14.7. The number of aromatic nitrogens is 1. The predicted octanol–water partition coefficient (Wildman–Crippen LogP) is 2.54. The second-order valence-electron chi connectivity index (χ2n) is 7.26. The molecule has 0 spiro atoms. The summed E-state index contributed by atoms with van der Waals surface area (Å²) in [5, 5.41) is 3.56. The Morgan fingerprint density at radius 1 is 1.26 bits per heavy atom. The molecule has 2 unspecified atom stereocenters. The molecule has 0 aromatic carbocycles. The van der Waals surface area contributed by atoms with Crippen LogP contribution in [0.25, 0.3) is 0 Å². The third kappa shape index (κ3) is 4.31. The third-order valence-electron chi connectivity index (χ3n) is 5.60. The number of pyridine rings is 1. The molecule has 23 heavy (non-hydrogen) atoms. The van der Waals surface area contributed by atoms with Crippen LogP contribution in [-0.4, -0.2) is 60.1 Å². The van der Waals surface area contributed by atoms with Gasteiger partial charge in [0.05, 0.1) is 11.7 Å². The van der Waals surface area contributed by atoms with Gasteiger partial charge in [-0.15, -0.1) is 0 Å². The Kier molecular flexibility index (Phi) is 6.03. The van der Waals surface area contributed by atoms with Crippen LogP contribution in [0.3, 0.4) is 0 Å². The maximum Gasteiger partial charge on any atom is 0.0652 e. The van der Waals surface area contributed by atoms with E-state index in [0.717, 1.165) is 32.1 Å². The van der Waals surface area contributed by atoms with Gasteiger partial charge in [0.2, 0.25) is 0 Å². The number of rotatable bonds is 5. The molecule has 0 aliphatic carbocycles. The standard InChI is InChI=1S/C19H32N4/c1-3-17-14-20-10-13-23(17)19(18-6-4-5-9-21-18)15-22-11-7-16(2)8-12-22/h4-6,9,16-17,19-20H,3,7-8,10-15H2,1-2H3. The summed E-state index contributed by atoms with van der Waals surface area (Å²) >= 11 is 0. The van der Waals surface area contributed by atoms with Crippen molar-refractivity contribution in [2.45, 2.75) is 45.2 Å². The number of hydrogen-bond acceptors (Lipinski definition) is 4. The van der Waals surface area contributed by atoms with Crippen LogP contribution in [0, 0.1) is 5.92 Å². The van der Waals surface area contributed by atoms with Gasteiger partial charge >= 0.3 is 0 Å². The van der Waals surface area contributed by atoms with E-state index in [1.54, 1.807) is 0 Å². The van der Waals surface area contributed by atoms with Crippen LogP contribution in [-0.2, 0) is 0 Å². The van der Waals surface area contributed by atoms with Gasteiger partial charge in [0.25, 0.3) is 0 Å². The lowest BCUT2D eigenvalue weighted by Gasteiger charge is -2.43. The van der Waals surface area contributed by atoms with Gasteiger partial charge < -0.3 is 10.2 Å². The zero-order chi connectivity index (χ0) is 16.1. The van der Waals surface area contributed by atoms with Crippen LogP contribution in [0.1, 0.15) is 44.8 Å². The van der Waals surface area contributed by atoms with Gasteiger partial charge in [-0.05, 0) is 50.4 Å². The second-order valence-corrected chi connectivity index (χ2v) is 7.26. The molecule has 4 nitrogen and oxygen atoms in total. The summed E-state index contributed by atoms with van der Waals surface area (Å²) in [4.78, 5) is 10.1. The molecule has 3 heterocycles. The molecule has 1 N–H and O–H groups in total. The van der Waals surface area contributed by atoms with Crippen molar-refractivity contribution in [2.75, 3.05) is 39.3 Å². The monoisotopic (exact) mass is 316 g/mol. The van der Waals surface area contributed by atoms with Gasteiger partial charge in [-0.3, -0.25) is 9.88 Å². The number of hydrogen-bond donors (Lipinski definition) is 1. The fourth-order valence-electron chi connectivity index (χ4n) is 4.00. The molecule has 2 saturated heterocycles. The van der Waals surface area contributed by atoms with Crippen molar-refractivity contribution < 1.29 is 0 Å². The molecule has 128 valence electrons. The van der Waals surface area contributed by atoms with Crippen molar-refractivity contribution in [1.29, 1.82) is 0 Å². The van der Waals surface area contributed by atoms with E-state index in [-0.39, 0.29) is 0 Å². The van der Waals surface area contributed by atoms with Crippen LogP contribution >= 0.6 is 0 Å². The minimum absolute atomic E-state index is 0.427. The van der Waals surface area contributed by atoms with Crippen LogP contribution in [0.15, 0.2) is 24.4 Å². The fraction of sp³-hybridized carbons (Fsp3) is 0.737. The molecule has 0 bridgehead atoms. The van der Waals surface area contributed by atoms with E-state index in [0.29, 0.717) is 12.1 Å². The first kappa shape index (κ1) is 16.9. The zero-order valence-corrected chi connectivity index (χ0v) is 14.7. The number of nitrogens with one attached hydrogen (secondary N) is 1. The smallest absolute Gasteiger partial charge is 0.0652 e. The van der Waals surface area contributed by atoms with Gasteiger partial charge in [0.15, 0.2) is 0 Å². The molecular formula is C19H32N4. The average molecular weight is 316 g/mol. The van der Waals surface area contributed by atoms with Crippen LogP contribution in [0.4, 0.5) is 0 Å². The highest BCUT2D eigenvalue weighted by molar-refractivity contribution is 5.11. The predicted molar refractivity (Wildman–Crippen MR) is 95.5 cm³/mol. The van der Waals surface area contributed by atoms with Gasteiger partial charge in [0.1, 0.15) is 0 Å². The lowest BCUT2D eigenvalue weighted by Crippen LogP contribution is -2.54. The van der Waals surface area contributed by atoms with E-state index in [1.165, 1.54) is 38.0 Å². The summed E-state index contributed by atoms with van der Waals surface area (Å²) in [5.41, 5.74) is 1.24. The average Bonchev–Trinajstić information content (AvgIpc) is 2.62. The molecule has 3 rings (SSSR count). The molecule has 4 heteroatoms. The summed E-state index contributed by atoms with van der Waals surface area (Å²) in [7, 11) is 0. The summed E-state index contributed by atoms with van der Waals surface area (Å²) in [6.07, 6.45) is 5.83. The molecule has 2 fully saturated rings. The van der Waals surface area contributed by atoms with E-state index in [1.807, 2.05) is 12.3 Å². The quantitative estimate of drug-likeness (QED) is 0.904. The number of likely N-dealkylation sites (tertiary alicyclic amines) is 1. The van der Waals surface area contributed by atoms with Crippen LogP contribution < -0.4 is 5.32 Å². The second kappa shape index (κ2) is 8.22. The highest BCUT2D eigenvalue weighted by Gasteiger charge is 2.31. The Bertz CT molecular complexity index is 456. The Morgan fingerprint density at radius 3 is 2.78 bits per heavy atom. The topological polar surface area (TPSA) is 31.4 Å². The first-order valence-electron chi connectivity index (χ1n) is 9.37. The first-order chi connectivity index (χ1) is 11.3. The molecule has 0 saturated carbocycles. The van der Waals surface area contributed by atoms with Gasteiger partial charge in [-0.1, -0.05) is 19.9 Å². The molecule has 1 aromatic heterocycles. The minimum atomic E-state index is 0.427. The third-order valence-corrected chi connectivity index (χ3v) is 5.60. The maximum absolute atomic E-state index is 4.71. The van der Waals surface area contributed by atoms with E-state index in [4.69, 9.17) is 4.98 Å². The highest BCUT2D eigenvalue weighted by atomic mass is 15.3. The van der Waals surface area contributed by atoms with Crippen molar-refractivity contribution >= 4 is 0 Å². The van der Waals surface area contributed by atoms with Crippen LogP contribution in [0.2, 0.25) is 0 Å². The van der Waals surface area contributed by atoms with E-state index < -0.39 is 0 Å². The molecule has 0 amide bonds. The number of piperazine rings is 1. The van der Waals surface area contributed by atoms with Crippen molar-refractivity contribution in [3.63, 3.8) is 0 Å². The Labute approximate surface area is 141 Å². The van der Waals surface area contributed by atoms with Crippen LogP contribution in [0.5, 0.6) is 0 Å². The van der Waals surface area contributed by atoms with Gasteiger partial charge in [0, 0.05) is 38.4 Å². The van der Waals surface area contributed by atoms with Crippen molar-refractivity contribution in [1.82, 2.24) is 20.1 Å². The molecule has 2 atom stereocenters. The van der Waals surface area contributed by atoms with E-state index in [9.17, 15) is 0 Å². The maximum atomic E-state index is 4.71. The Morgan fingerprint density at radius 2 is 2.09 bits per heavy atom. The van der Waals surface area contributed by atoms with Gasteiger partial charge in [-0.25, -0.2) is 0 Å². The molecule has 0 radical (unpaired) electrons. The number of piperidine rings is 1. The van der Waals surface area contributed by atoms with E-state index >= 15 is 0 Å². The lowest BCUT2D eigenvalue weighted by atomic mass is 9.97. The first-order valence-corrected chi connectivity index (χ1v) is 9.37.